The molecule has 0 aromatic heterocycles. The Balaban J connectivity index is 5.91. The van der Waals surface area contributed by atoms with E-state index in [1.165, 1.54) is 0 Å². The average molecular weight is 312 g/mol. The zero-order valence-corrected chi connectivity index (χ0v) is 9.06. The minimum atomic E-state index is -7.06. The van der Waals surface area contributed by atoms with E-state index in [0.29, 0.717) is 0 Å². The number of hydrogen-bond donors (Lipinski definition) is 4. The molecule has 0 aromatic rings. The van der Waals surface area contributed by atoms with Crippen molar-refractivity contribution in [2.24, 2.45) is 0 Å². The Bertz CT molecular complexity index is 359. The summed E-state index contributed by atoms with van der Waals surface area (Å²) >= 11 is 0. The van der Waals surface area contributed by atoms with Gasteiger partial charge >= 0.3 is 32.4 Å². The maximum Gasteiger partial charge on any atom is 0.414 e. The van der Waals surface area contributed by atoms with Gasteiger partial charge in [-0.3, -0.25) is 9.13 Å². The standard InChI is InChI=1S/C3H4F6O6P2/c4-1(5,2(6,7)16(10,11)12)3(8,9)17(13,14)15/h(H2,10,11,12)(H2,13,14,15). The van der Waals surface area contributed by atoms with Gasteiger partial charge in [-0.2, -0.15) is 26.3 Å². The number of alkyl halides is 6. The monoisotopic (exact) mass is 312 g/mol. The molecule has 0 saturated heterocycles. The lowest BCUT2D eigenvalue weighted by Gasteiger charge is -2.32. The summed E-state index contributed by atoms with van der Waals surface area (Å²) in [7, 11) is -14.1. The first-order valence-corrected chi connectivity index (χ1v) is 6.47. The van der Waals surface area contributed by atoms with Gasteiger partial charge in [-0.15, -0.1) is 0 Å². The second-order valence-electron chi connectivity index (χ2n) is 2.74. The fourth-order valence-corrected chi connectivity index (χ4v) is 1.65. The fraction of sp³-hybridized carbons (Fsp3) is 1.00. The third-order valence-corrected chi connectivity index (χ3v) is 3.51. The Hall–Kier alpha value is -0.120. The smallest absolute Gasteiger partial charge is 0.320 e. The molecule has 0 aliphatic rings. The quantitative estimate of drug-likeness (QED) is 0.457. The molecule has 0 spiro atoms. The largest absolute Gasteiger partial charge is 0.414 e. The highest BCUT2D eigenvalue weighted by atomic mass is 31.2. The van der Waals surface area contributed by atoms with Gasteiger partial charge in [-0.05, 0) is 0 Å². The van der Waals surface area contributed by atoms with Crippen molar-refractivity contribution in [1.29, 1.82) is 0 Å². The zero-order valence-electron chi connectivity index (χ0n) is 7.27. The SMILES string of the molecule is O=P(O)(O)C(F)(F)C(F)(F)C(F)(F)P(=O)(O)O. The highest BCUT2D eigenvalue weighted by Crippen LogP contribution is 2.70. The van der Waals surface area contributed by atoms with Crippen LogP contribution >= 0.6 is 15.2 Å². The Labute approximate surface area is 88.6 Å². The molecular formula is C3H4F6O6P2. The summed E-state index contributed by atoms with van der Waals surface area (Å²) in [6, 6.07) is 0. The molecule has 0 fully saturated rings. The second kappa shape index (κ2) is 3.94. The van der Waals surface area contributed by atoms with Crippen LogP contribution in [-0.2, 0) is 9.13 Å². The van der Waals surface area contributed by atoms with Crippen LogP contribution in [0.4, 0.5) is 26.3 Å². The van der Waals surface area contributed by atoms with Gasteiger partial charge in [0.2, 0.25) is 0 Å². The van der Waals surface area contributed by atoms with Crippen molar-refractivity contribution >= 4 is 15.2 Å². The van der Waals surface area contributed by atoms with Crippen LogP contribution < -0.4 is 0 Å². The summed E-state index contributed by atoms with van der Waals surface area (Å²) < 4.78 is 94.5. The first kappa shape index (κ1) is 16.9. The predicted molar refractivity (Wildman–Crippen MR) is 38.9 cm³/mol. The molecular weight excluding hydrogens is 308 g/mol. The van der Waals surface area contributed by atoms with Crippen molar-refractivity contribution in [1.82, 2.24) is 0 Å². The van der Waals surface area contributed by atoms with Gasteiger partial charge < -0.3 is 19.6 Å². The maximum atomic E-state index is 12.5. The van der Waals surface area contributed by atoms with Crippen LogP contribution in [0, 0.1) is 0 Å². The van der Waals surface area contributed by atoms with Gasteiger partial charge in [0.25, 0.3) is 0 Å². The van der Waals surface area contributed by atoms with E-state index in [2.05, 4.69) is 0 Å². The molecule has 4 N–H and O–H groups in total. The molecule has 0 saturated carbocycles. The second-order valence-corrected chi connectivity index (χ2v) is 6.04. The summed E-state index contributed by atoms with van der Waals surface area (Å²) in [6.07, 6.45) is 0. The number of rotatable bonds is 4. The molecule has 6 nitrogen and oxygen atoms in total. The van der Waals surface area contributed by atoms with Crippen molar-refractivity contribution in [3.05, 3.63) is 0 Å². The zero-order chi connectivity index (χ0) is 14.5. The van der Waals surface area contributed by atoms with E-state index in [1.54, 1.807) is 0 Å². The molecule has 0 radical (unpaired) electrons. The molecule has 17 heavy (non-hydrogen) atoms. The lowest BCUT2D eigenvalue weighted by atomic mass is 10.3. The van der Waals surface area contributed by atoms with Crippen LogP contribution in [0.25, 0.3) is 0 Å². The number of halogens is 6. The van der Waals surface area contributed by atoms with Crippen LogP contribution in [-0.4, -0.2) is 36.8 Å². The summed E-state index contributed by atoms with van der Waals surface area (Å²) in [5, 5.41) is 0. The van der Waals surface area contributed by atoms with Gasteiger partial charge in [-0.25, -0.2) is 0 Å². The molecule has 0 bridgehead atoms. The lowest BCUT2D eigenvalue weighted by molar-refractivity contribution is -0.256. The average Bonchev–Trinajstić information content (AvgIpc) is 1.98. The highest BCUT2D eigenvalue weighted by molar-refractivity contribution is 7.54. The topological polar surface area (TPSA) is 115 Å². The van der Waals surface area contributed by atoms with Crippen molar-refractivity contribution in [2.45, 2.75) is 17.2 Å². The van der Waals surface area contributed by atoms with Gasteiger partial charge in [0.15, 0.2) is 0 Å². The van der Waals surface area contributed by atoms with Crippen molar-refractivity contribution < 1.29 is 55.0 Å². The predicted octanol–water partition coefficient (Wildman–Crippen LogP) is 1.16. The molecule has 0 heterocycles. The summed E-state index contributed by atoms with van der Waals surface area (Å²) in [5.74, 6) is -6.93. The van der Waals surface area contributed by atoms with Gasteiger partial charge in [0.05, 0.1) is 0 Å². The summed E-state index contributed by atoms with van der Waals surface area (Å²) in [6.45, 7) is 0. The van der Waals surface area contributed by atoms with E-state index >= 15 is 0 Å². The Morgan fingerprint density at radius 1 is 0.647 bits per heavy atom. The highest BCUT2D eigenvalue weighted by Gasteiger charge is 2.83. The van der Waals surface area contributed by atoms with E-state index in [0.717, 1.165) is 0 Å². The van der Waals surface area contributed by atoms with Crippen LogP contribution in [0.5, 0.6) is 0 Å². The van der Waals surface area contributed by atoms with Gasteiger partial charge in [-0.1, -0.05) is 0 Å². The fourth-order valence-electron chi connectivity index (χ4n) is 0.547. The van der Waals surface area contributed by atoms with E-state index in [1.807, 2.05) is 0 Å². The Morgan fingerprint density at radius 2 is 0.824 bits per heavy atom. The molecule has 14 heteroatoms. The summed E-state index contributed by atoms with van der Waals surface area (Å²) in [4.78, 5) is 31.2. The molecule has 104 valence electrons. The van der Waals surface area contributed by atoms with Gasteiger partial charge in [0, 0.05) is 0 Å². The Morgan fingerprint density at radius 3 is 0.941 bits per heavy atom. The van der Waals surface area contributed by atoms with Crippen molar-refractivity contribution in [2.75, 3.05) is 0 Å². The van der Waals surface area contributed by atoms with Gasteiger partial charge in [0.1, 0.15) is 0 Å². The molecule has 0 unspecified atom stereocenters. The van der Waals surface area contributed by atoms with Crippen LogP contribution in [0.3, 0.4) is 0 Å². The molecule has 0 rings (SSSR count). The number of hydrogen-bond acceptors (Lipinski definition) is 2. The molecule has 0 aromatic carbocycles. The van der Waals surface area contributed by atoms with Crippen LogP contribution in [0.2, 0.25) is 0 Å². The maximum absolute atomic E-state index is 12.5. The minimum absolute atomic E-state index is 6.63. The molecule has 0 aliphatic carbocycles. The summed E-state index contributed by atoms with van der Waals surface area (Å²) in [5.41, 5.74) is -13.3. The first-order chi connectivity index (χ1) is 7.00. The Kier molecular flexibility index (Phi) is 3.91. The van der Waals surface area contributed by atoms with Crippen LogP contribution in [0.1, 0.15) is 0 Å². The molecule has 0 amide bonds. The third-order valence-electron chi connectivity index (χ3n) is 1.49. The normalized spacial score (nSPS) is 16.1. The van der Waals surface area contributed by atoms with Crippen molar-refractivity contribution in [3.8, 4) is 0 Å². The molecule has 0 aliphatic heterocycles. The van der Waals surface area contributed by atoms with E-state index in [4.69, 9.17) is 19.6 Å². The van der Waals surface area contributed by atoms with E-state index in [9.17, 15) is 35.5 Å². The van der Waals surface area contributed by atoms with Crippen LogP contribution in [0.15, 0.2) is 0 Å². The van der Waals surface area contributed by atoms with E-state index in [-0.39, 0.29) is 0 Å². The minimum Gasteiger partial charge on any atom is -0.320 e. The lowest BCUT2D eigenvalue weighted by Crippen LogP contribution is -2.53. The third kappa shape index (κ3) is 2.38. The first-order valence-electron chi connectivity index (χ1n) is 3.25. The van der Waals surface area contributed by atoms with Crippen molar-refractivity contribution in [3.63, 3.8) is 0 Å². The van der Waals surface area contributed by atoms with E-state index < -0.39 is 32.4 Å². The molecule has 0 atom stereocenters.